The molecule has 0 radical (unpaired) electrons. The van der Waals surface area contributed by atoms with Crippen LogP contribution in [0.1, 0.15) is 31.1 Å². The molecule has 0 saturated heterocycles. The predicted octanol–water partition coefficient (Wildman–Crippen LogP) is 5.52. The fourth-order valence-corrected chi connectivity index (χ4v) is 11.5. The normalized spacial score (nSPS) is 14.7. The quantitative estimate of drug-likeness (QED) is 0.421. The van der Waals surface area contributed by atoms with Crippen molar-refractivity contribution < 1.29 is 7.87 Å². The molecule has 2 nitrogen and oxygen atoms in total. The third-order valence-electron chi connectivity index (χ3n) is 3.50. The molecule has 0 atom stereocenters. The average molecular weight is 405 g/mol. The molecule has 0 N–H and O–H groups in total. The van der Waals surface area contributed by atoms with Gasteiger partial charge in [-0.05, 0) is 0 Å². The van der Waals surface area contributed by atoms with Crippen LogP contribution < -0.4 is 0 Å². The maximum atomic E-state index is 12.5. The molecule has 0 bridgehead atoms. The van der Waals surface area contributed by atoms with E-state index in [1.165, 1.54) is 0 Å². The fourth-order valence-electron chi connectivity index (χ4n) is 2.20. The van der Waals surface area contributed by atoms with Crippen molar-refractivity contribution in [1.29, 1.82) is 0 Å². The molecule has 1 rings (SSSR count). The summed E-state index contributed by atoms with van der Waals surface area (Å²) in [6, 6.07) is 9.29. The Hall–Kier alpha value is -1.29. The summed E-state index contributed by atoms with van der Waals surface area (Å²) in [7, 11) is 0. The van der Waals surface area contributed by atoms with E-state index in [0.29, 0.717) is 5.56 Å². The number of carbonyl (C=O) groups excluding carboxylic acids is 1. The fraction of sp³-hybridized carbons (Fsp3) is 0.316. The molecule has 0 fully saturated rings. The van der Waals surface area contributed by atoms with Crippen molar-refractivity contribution in [2.75, 3.05) is 0 Å². The van der Waals surface area contributed by atoms with E-state index in [9.17, 15) is 4.79 Å². The van der Waals surface area contributed by atoms with Crippen molar-refractivity contribution in [3.63, 3.8) is 0 Å². The molecule has 0 heterocycles. The van der Waals surface area contributed by atoms with Crippen LogP contribution in [0.4, 0.5) is 0 Å². The van der Waals surface area contributed by atoms with Gasteiger partial charge in [-0.15, -0.1) is 0 Å². The topological polar surface area (TPSA) is 26.3 Å². The van der Waals surface area contributed by atoms with Crippen LogP contribution in [-0.2, 0) is 3.07 Å². The Balaban J connectivity index is 3.01. The van der Waals surface area contributed by atoms with E-state index in [2.05, 4.69) is 18.2 Å². The van der Waals surface area contributed by atoms with Crippen LogP contribution in [0, 0.1) is 0 Å². The van der Waals surface area contributed by atoms with Gasteiger partial charge in [0.15, 0.2) is 0 Å². The van der Waals surface area contributed by atoms with Gasteiger partial charge >= 0.3 is 139 Å². The summed E-state index contributed by atoms with van der Waals surface area (Å²) < 4.78 is 8.89. The summed E-state index contributed by atoms with van der Waals surface area (Å²) in [5.74, 6) is -0.171. The molecular formula is C19H26O2Sn. The second-order valence-electron chi connectivity index (χ2n) is 5.26. The number of benzene rings is 1. The first-order valence-electron chi connectivity index (χ1n) is 7.79. The summed E-state index contributed by atoms with van der Waals surface area (Å²) in [5.41, 5.74) is 0.644. The van der Waals surface area contributed by atoms with Crippen LogP contribution in [0.2, 0.25) is 13.3 Å². The first kappa shape index (κ1) is 18.8. The van der Waals surface area contributed by atoms with Crippen LogP contribution >= 0.6 is 0 Å². The minimum absolute atomic E-state index is 0.171. The third kappa shape index (κ3) is 6.22. The molecular weight excluding hydrogens is 379 g/mol. The molecule has 0 amide bonds. The third-order valence-corrected chi connectivity index (χ3v) is 13.6. The second kappa shape index (κ2) is 10.4. The molecule has 1 aromatic carbocycles. The van der Waals surface area contributed by atoms with Gasteiger partial charge < -0.3 is 0 Å². The Labute approximate surface area is 139 Å². The monoisotopic (exact) mass is 406 g/mol. The molecule has 1 aromatic rings. The zero-order valence-electron chi connectivity index (χ0n) is 13.8. The Kier molecular flexibility index (Phi) is 8.90. The van der Waals surface area contributed by atoms with Crippen molar-refractivity contribution >= 4 is 24.8 Å². The van der Waals surface area contributed by atoms with E-state index in [4.69, 9.17) is 3.07 Å². The SMILES string of the molecule is CC=C[CH2][Sn]([CH2]C=CC)([CH2]C=CC)[O]C(=O)c1ccccc1. The van der Waals surface area contributed by atoms with E-state index >= 15 is 0 Å². The Morgan fingerprint density at radius 2 is 1.36 bits per heavy atom. The number of rotatable bonds is 8. The van der Waals surface area contributed by atoms with Gasteiger partial charge in [-0.2, -0.15) is 0 Å². The van der Waals surface area contributed by atoms with Crippen molar-refractivity contribution in [2.24, 2.45) is 0 Å². The number of allylic oxidation sites excluding steroid dienone is 6. The number of hydrogen-bond donors (Lipinski definition) is 0. The summed E-state index contributed by atoms with van der Waals surface area (Å²) >= 11 is -3.08. The van der Waals surface area contributed by atoms with Gasteiger partial charge in [0.05, 0.1) is 0 Å². The van der Waals surface area contributed by atoms with Crippen LogP contribution in [0.5, 0.6) is 0 Å². The molecule has 0 spiro atoms. The van der Waals surface area contributed by atoms with Gasteiger partial charge in [0.2, 0.25) is 0 Å². The van der Waals surface area contributed by atoms with Gasteiger partial charge in [0.25, 0.3) is 0 Å². The van der Waals surface area contributed by atoms with E-state index in [0.717, 1.165) is 13.3 Å². The Morgan fingerprint density at radius 3 is 1.77 bits per heavy atom. The average Bonchev–Trinajstić information content (AvgIpc) is 2.56. The summed E-state index contributed by atoms with van der Waals surface area (Å²) in [4.78, 5) is 12.5. The van der Waals surface area contributed by atoms with E-state index in [1.54, 1.807) is 0 Å². The van der Waals surface area contributed by atoms with Gasteiger partial charge in [-0.25, -0.2) is 0 Å². The van der Waals surface area contributed by atoms with Crippen molar-refractivity contribution in [2.45, 2.75) is 34.1 Å². The zero-order chi connectivity index (χ0) is 16.3. The van der Waals surface area contributed by atoms with Crippen LogP contribution in [0.15, 0.2) is 66.8 Å². The summed E-state index contributed by atoms with van der Waals surface area (Å²) in [6.07, 6.45) is 12.6. The molecule has 0 unspecified atom stereocenters. The van der Waals surface area contributed by atoms with Gasteiger partial charge in [-0.3, -0.25) is 0 Å². The molecule has 0 saturated carbocycles. The summed E-state index contributed by atoms with van der Waals surface area (Å²) in [6.45, 7) is 6.04. The molecule has 0 aliphatic rings. The van der Waals surface area contributed by atoms with Crippen LogP contribution in [0.3, 0.4) is 0 Å². The number of carbonyl (C=O) groups is 1. The van der Waals surface area contributed by atoms with Gasteiger partial charge in [0.1, 0.15) is 0 Å². The first-order chi connectivity index (χ1) is 10.7. The first-order valence-corrected chi connectivity index (χ1v) is 15.0. The van der Waals surface area contributed by atoms with Crippen molar-refractivity contribution in [1.82, 2.24) is 0 Å². The van der Waals surface area contributed by atoms with Gasteiger partial charge in [0, 0.05) is 0 Å². The summed E-state index contributed by atoms with van der Waals surface area (Å²) in [5, 5.41) is 0. The van der Waals surface area contributed by atoms with Crippen molar-refractivity contribution in [3.05, 3.63) is 72.4 Å². The van der Waals surface area contributed by atoms with E-state index in [-0.39, 0.29) is 5.97 Å². The molecule has 118 valence electrons. The minimum atomic E-state index is -3.08. The van der Waals surface area contributed by atoms with Crippen molar-refractivity contribution in [3.8, 4) is 0 Å². The van der Waals surface area contributed by atoms with Crippen LogP contribution in [0.25, 0.3) is 0 Å². The van der Waals surface area contributed by atoms with E-state index in [1.807, 2.05) is 69.3 Å². The maximum absolute atomic E-state index is 12.5. The van der Waals surface area contributed by atoms with Crippen LogP contribution in [-0.4, -0.2) is 24.8 Å². The Bertz CT molecular complexity index is 494. The molecule has 3 heteroatoms. The predicted molar refractivity (Wildman–Crippen MR) is 96.5 cm³/mol. The molecule has 22 heavy (non-hydrogen) atoms. The standard InChI is InChI=1S/C7H6O2.3C4H7.Sn/c8-7(9)6-4-2-1-3-5-6;3*1-3-4-2;/h1-5H,(H,8,9);3*3-4H,1H2,2H3;/q;;;;+1/p-1. The second-order valence-corrected chi connectivity index (χ2v) is 16.1. The molecule has 0 aromatic heterocycles. The molecule has 0 aliphatic carbocycles. The number of hydrogen-bond acceptors (Lipinski definition) is 2. The van der Waals surface area contributed by atoms with Gasteiger partial charge in [-0.1, -0.05) is 0 Å². The van der Waals surface area contributed by atoms with E-state index < -0.39 is 18.8 Å². The Morgan fingerprint density at radius 1 is 0.909 bits per heavy atom. The zero-order valence-corrected chi connectivity index (χ0v) is 16.6. The molecule has 0 aliphatic heterocycles.